The number of imidazole rings is 1. The van der Waals surface area contributed by atoms with Gasteiger partial charge in [0, 0.05) is 17.8 Å². The van der Waals surface area contributed by atoms with Crippen molar-refractivity contribution in [1.29, 1.82) is 0 Å². The van der Waals surface area contributed by atoms with Crippen LogP contribution >= 0.6 is 11.6 Å². The average molecular weight is 502 g/mol. The van der Waals surface area contributed by atoms with E-state index in [9.17, 15) is 22.0 Å². The maximum Gasteiger partial charge on any atom is 0.272 e. The van der Waals surface area contributed by atoms with Crippen LogP contribution in [0, 0.1) is 6.92 Å². The fourth-order valence-corrected chi connectivity index (χ4v) is 5.53. The normalized spacial score (nSPS) is 16.4. The summed E-state index contributed by atoms with van der Waals surface area (Å²) in [5, 5.41) is 7.11. The van der Waals surface area contributed by atoms with E-state index in [0.29, 0.717) is 11.2 Å². The first-order valence-corrected chi connectivity index (χ1v) is 11.8. The second kappa shape index (κ2) is 8.37. The molecule has 4 rings (SSSR count). The van der Waals surface area contributed by atoms with E-state index in [4.69, 9.17) is 21.1 Å². The molecule has 0 bridgehead atoms. The first-order chi connectivity index (χ1) is 15.4. The molecule has 1 aliphatic heterocycles. The van der Waals surface area contributed by atoms with Crippen LogP contribution in [0.25, 0.3) is 5.65 Å². The quantitative estimate of drug-likeness (QED) is 0.523. The summed E-state index contributed by atoms with van der Waals surface area (Å²) < 4.78 is 60.0. The molecule has 0 aromatic carbocycles. The molecule has 1 N–H and O–H groups in total. The summed E-state index contributed by atoms with van der Waals surface area (Å²) in [6.07, 6.45) is -0.0800. The minimum Gasteiger partial charge on any atom is -0.482 e. The highest BCUT2D eigenvalue weighted by Gasteiger charge is 2.46. The van der Waals surface area contributed by atoms with Gasteiger partial charge in [0.1, 0.15) is 12.3 Å². The summed E-state index contributed by atoms with van der Waals surface area (Å²) in [5.74, 6) is -0.955. The second-order valence-electron chi connectivity index (χ2n) is 7.87. The standard InChI is InChI=1S/C19H18ClF2N5O5S/c1-10-3-15-24-12(16(28)25-19(2)8-33(29,30)9-19)6-27(15)26-17(10)32-18-13(31-7-14(21)22)4-11(20)5-23-18/h3-6,14H,7-9H2,1-2H3,(H,25,28). The number of pyridine rings is 1. The number of carbonyl (C=O) groups excluding carboxylic acids is 1. The van der Waals surface area contributed by atoms with Gasteiger partial charge < -0.3 is 14.8 Å². The minimum atomic E-state index is -3.13. The van der Waals surface area contributed by atoms with Gasteiger partial charge in [0.15, 0.2) is 21.2 Å². The molecule has 0 atom stereocenters. The number of sulfone groups is 1. The van der Waals surface area contributed by atoms with Crippen molar-refractivity contribution < 1.29 is 31.5 Å². The van der Waals surface area contributed by atoms with Crippen molar-refractivity contribution in [3.05, 3.63) is 40.8 Å². The molecular weight excluding hydrogens is 484 g/mol. The van der Waals surface area contributed by atoms with Crippen LogP contribution in [0.3, 0.4) is 0 Å². The highest BCUT2D eigenvalue weighted by Crippen LogP contribution is 2.32. The largest absolute Gasteiger partial charge is 0.482 e. The van der Waals surface area contributed by atoms with E-state index in [1.807, 2.05) is 0 Å². The predicted octanol–water partition coefficient (Wildman–Crippen LogP) is 2.44. The lowest BCUT2D eigenvalue weighted by Gasteiger charge is -2.38. The van der Waals surface area contributed by atoms with Crippen molar-refractivity contribution in [2.45, 2.75) is 25.8 Å². The predicted molar refractivity (Wildman–Crippen MR) is 113 cm³/mol. The first kappa shape index (κ1) is 23.1. The first-order valence-electron chi connectivity index (χ1n) is 9.57. The van der Waals surface area contributed by atoms with E-state index in [1.165, 1.54) is 23.0 Å². The number of amides is 1. The van der Waals surface area contributed by atoms with Gasteiger partial charge in [-0.2, -0.15) is 0 Å². The van der Waals surface area contributed by atoms with Gasteiger partial charge >= 0.3 is 0 Å². The minimum absolute atomic E-state index is 0.0372. The molecule has 4 heterocycles. The highest BCUT2D eigenvalue weighted by molar-refractivity contribution is 7.93. The lowest BCUT2D eigenvalue weighted by atomic mass is 10.1. The van der Waals surface area contributed by atoms with Gasteiger partial charge in [-0.25, -0.2) is 31.7 Å². The van der Waals surface area contributed by atoms with E-state index in [2.05, 4.69) is 20.4 Å². The van der Waals surface area contributed by atoms with Gasteiger partial charge in [0.05, 0.1) is 28.3 Å². The fourth-order valence-electron chi connectivity index (χ4n) is 3.38. The highest BCUT2D eigenvalue weighted by atomic mass is 35.5. The summed E-state index contributed by atoms with van der Waals surface area (Å²) in [6, 6.07) is 2.89. The number of rotatable bonds is 7. The SMILES string of the molecule is Cc1cc2nc(C(=O)NC3(C)CS(=O)(=O)C3)cn2nc1Oc1ncc(Cl)cc1OCC(F)F. The number of carbonyl (C=O) groups is 1. The topological polar surface area (TPSA) is 125 Å². The van der Waals surface area contributed by atoms with Gasteiger partial charge in [0.2, 0.25) is 5.88 Å². The molecule has 3 aromatic rings. The van der Waals surface area contributed by atoms with Crippen molar-refractivity contribution in [2.24, 2.45) is 0 Å². The Hall–Kier alpha value is -3.06. The molecule has 3 aromatic heterocycles. The summed E-state index contributed by atoms with van der Waals surface area (Å²) in [7, 11) is -3.13. The Balaban J connectivity index is 1.57. The Bertz CT molecular complexity index is 1340. The molecular formula is C19H18ClF2N5O5S. The van der Waals surface area contributed by atoms with E-state index >= 15 is 0 Å². The Labute approximate surface area is 191 Å². The molecule has 1 aliphatic rings. The molecule has 1 fully saturated rings. The maximum atomic E-state index is 12.6. The fraction of sp³-hybridized carbons (Fsp3) is 0.368. The molecule has 0 aliphatic carbocycles. The van der Waals surface area contributed by atoms with E-state index in [0.717, 1.165) is 0 Å². The molecule has 0 saturated carbocycles. The van der Waals surface area contributed by atoms with E-state index in [-0.39, 0.29) is 39.7 Å². The van der Waals surface area contributed by atoms with Gasteiger partial charge in [-0.15, -0.1) is 5.10 Å². The molecule has 10 nitrogen and oxygen atoms in total. The molecule has 176 valence electrons. The lowest BCUT2D eigenvalue weighted by molar-refractivity contribution is 0.0803. The third-order valence-corrected chi connectivity index (χ3v) is 7.02. The van der Waals surface area contributed by atoms with Crippen LogP contribution in [0.2, 0.25) is 5.02 Å². The number of alkyl halides is 2. The molecule has 33 heavy (non-hydrogen) atoms. The number of fused-ring (bicyclic) bond motifs is 1. The summed E-state index contributed by atoms with van der Waals surface area (Å²) in [4.78, 5) is 20.7. The summed E-state index contributed by atoms with van der Waals surface area (Å²) in [6.45, 7) is 2.44. The van der Waals surface area contributed by atoms with E-state index in [1.54, 1.807) is 19.9 Å². The van der Waals surface area contributed by atoms with Crippen molar-refractivity contribution in [2.75, 3.05) is 18.1 Å². The van der Waals surface area contributed by atoms with Gasteiger partial charge in [-0.05, 0) is 19.9 Å². The zero-order valence-corrected chi connectivity index (χ0v) is 19.0. The van der Waals surface area contributed by atoms with Crippen LogP contribution in [0.15, 0.2) is 24.5 Å². The van der Waals surface area contributed by atoms with E-state index < -0.39 is 34.3 Å². The number of nitrogens with zero attached hydrogens (tertiary/aromatic N) is 4. The van der Waals surface area contributed by atoms with Crippen LogP contribution in [-0.2, 0) is 9.84 Å². The van der Waals surface area contributed by atoms with Crippen LogP contribution in [0.5, 0.6) is 17.5 Å². The summed E-state index contributed by atoms with van der Waals surface area (Å²) >= 11 is 5.87. The number of halogens is 3. The molecule has 0 radical (unpaired) electrons. The smallest absolute Gasteiger partial charge is 0.272 e. The Kier molecular flexibility index (Phi) is 5.86. The third-order valence-electron chi connectivity index (χ3n) is 4.66. The Morgan fingerprint density at radius 1 is 1.33 bits per heavy atom. The molecule has 14 heteroatoms. The zero-order chi connectivity index (χ0) is 24.0. The van der Waals surface area contributed by atoms with Gasteiger partial charge in [0.25, 0.3) is 18.2 Å². The van der Waals surface area contributed by atoms with Gasteiger partial charge in [-0.3, -0.25) is 4.79 Å². The number of aryl methyl sites for hydroxylation is 1. The number of hydrogen-bond acceptors (Lipinski definition) is 8. The molecule has 1 saturated heterocycles. The van der Waals surface area contributed by atoms with Crippen molar-refractivity contribution in [1.82, 2.24) is 24.9 Å². The zero-order valence-electron chi connectivity index (χ0n) is 17.4. The number of aromatic nitrogens is 4. The molecule has 1 amide bonds. The maximum absolute atomic E-state index is 12.6. The second-order valence-corrected chi connectivity index (χ2v) is 10.4. The van der Waals surface area contributed by atoms with Crippen molar-refractivity contribution in [3.63, 3.8) is 0 Å². The Morgan fingerprint density at radius 3 is 2.73 bits per heavy atom. The van der Waals surface area contributed by atoms with Crippen molar-refractivity contribution >= 4 is 33.0 Å². The number of hydrogen-bond donors (Lipinski definition) is 1. The van der Waals surface area contributed by atoms with Crippen LogP contribution < -0.4 is 14.8 Å². The monoisotopic (exact) mass is 501 g/mol. The number of nitrogens with one attached hydrogen (secondary N) is 1. The Morgan fingerprint density at radius 2 is 2.06 bits per heavy atom. The average Bonchev–Trinajstić information content (AvgIpc) is 3.09. The molecule has 0 spiro atoms. The van der Waals surface area contributed by atoms with Crippen LogP contribution in [0.1, 0.15) is 23.0 Å². The molecule has 0 unspecified atom stereocenters. The third kappa shape index (κ3) is 5.14. The van der Waals surface area contributed by atoms with Crippen molar-refractivity contribution in [3.8, 4) is 17.5 Å². The van der Waals surface area contributed by atoms with Crippen LogP contribution in [0.4, 0.5) is 8.78 Å². The summed E-state index contributed by atoms with van der Waals surface area (Å²) in [5.41, 5.74) is 0.0523. The van der Waals surface area contributed by atoms with Gasteiger partial charge in [-0.1, -0.05) is 11.6 Å². The lowest BCUT2D eigenvalue weighted by Crippen LogP contribution is -2.63. The van der Waals surface area contributed by atoms with Crippen LogP contribution in [-0.4, -0.2) is 64.0 Å². The number of ether oxygens (including phenoxy) is 2.